The van der Waals surface area contributed by atoms with Crippen LogP contribution < -0.4 is 21.3 Å². The quantitative estimate of drug-likeness (QED) is 0.0343. The van der Waals surface area contributed by atoms with Gasteiger partial charge < -0.3 is 130 Å². The van der Waals surface area contributed by atoms with E-state index in [1.807, 2.05) is 11.8 Å². The van der Waals surface area contributed by atoms with Crippen LogP contribution in [0.2, 0.25) is 0 Å². The van der Waals surface area contributed by atoms with E-state index in [-0.39, 0.29) is 42.9 Å². The summed E-state index contributed by atoms with van der Waals surface area (Å²) in [6.07, 6.45) is 5.72. The van der Waals surface area contributed by atoms with Crippen molar-refractivity contribution in [2.24, 2.45) is 0 Å². The van der Waals surface area contributed by atoms with Crippen LogP contribution in [-0.2, 0) is 128 Å². The predicted molar refractivity (Wildman–Crippen MR) is 359 cm³/mol. The number of nitrogens with zero attached hydrogens (tertiary/aromatic N) is 1. The van der Waals surface area contributed by atoms with Gasteiger partial charge in [-0.05, 0) is 12.8 Å². The molecule has 2 fully saturated rings. The van der Waals surface area contributed by atoms with Gasteiger partial charge in [0, 0.05) is 55.6 Å². The third kappa shape index (κ3) is 57.6. The lowest BCUT2D eigenvalue weighted by molar-refractivity contribution is -0.137. The third-order valence-corrected chi connectivity index (χ3v) is 15.4. The van der Waals surface area contributed by atoms with Gasteiger partial charge in [-0.3, -0.25) is 24.1 Å². The first-order valence-corrected chi connectivity index (χ1v) is 36.0. The lowest BCUT2D eigenvalue weighted by Gasteiger charge is -2.16. The average molecular weight is 1450 g/mol. The molecule has 0 aromatic heterocycles. The number of imide groups is 1. The fourth-order valence-electron chi connectivity index (χ4n) is 8.78. The molecule has 33 nitrogen and oxygen atoms in total. The summed E-state index contributed by atoms with van der Waals surface area (Å²) in [6, 6.07) is 0.380. The monoisotopic (exact) mass is 1450 g/mol. The molecule has 0 unspecified atom stereocenters. The normalized spacial score (nSPS) is 15.8. The number of hydrogen-bond acceptors (Lipinski definition) is 29. The van der Waals surface area contributed by atoms with Gasteiger partial charge >= 0.3 is 6.03 Å². The highest BCUT2D eigenvalue weighted by Gasteiger charge is 2.42. The third-order valence-electron chi connectivity index (χ3n) is 13.9. The maximum absolute atomic E-state index is 12.1. The van der Waals surface area contributed by atoms with E-state index in [0.29, 0.717) is 329 Å². The molecule has 34 heteroatoms. The molecular weight excluding hydrogens is 1330 g/mol. The van der Waals surface area contributed by atoms with Crippen LogP contribution in [0.5, 0.6) is 0 Å². The number of unbranched alkanes of at least 4 members (excludes halogenated alkanes) is 1. The molecule has 578 valence electrons. The second-order valence-corrected chi connectivity index (χ2v) is 22.8. The number of thioether (sulfide) groups is 1. The first-order chi connectivity index (χ1) is 48.9. The Kier molecular flexibility index (Phi) is 63.6. The zero-order chi connectivity index (χ0) is 70.3. The summed E-state index contributed by atoms with van der Waals surface area (Å²) in [5.41, 5.74) is 0. The maximum atomic E-state index is 12.1. The molecule has 6 amide bonds. The van der Waals surface area contributed by atoms with E-state index >= 15 is 0 Å². The Balaban J connectivity index is 0.834. The van der Waals surface area contributed by atoms with Crippen LogP contribution in [0, 0.1) is 0 Å². The van der Waals surface area contributed by atoms with E-state index in [9.17, 15) is 24.0 Å². The largest absolute Gasteiger partial charge is 0.377 e. The Morgan fingerprint density at radius 2 is 0.566 bits per heavy atom. The second-order valence-electron chi connectivity index (χ2n) is 21.6. The number of nitrogens with one attached hydrogen (secondary N) is 4. The smallest absolute Gasteiger partial charge is 0.315 e. The summed E-state index contributed by atoms with van der Waals surface area (Å²) in [5, 5.41) is 12.0. The Morgan fingerprint density at radius 1 is 0.333 bits per heavy atom. The molecule has 3 aliphatic heterocycles. The number of ether oxygens (including phenoxy) is 23. The first kappa shape index (κ1) is 89.7. The van der Waals surface area contributed by atoms with Crippen LogP contribution in [0.4, 0.5) is 4.79 Å². The highest BCUT2D eigenvalue weighted by Crippen LogP contribution is 2.33. The van der Waals surface area contributed by atoms with Gasteiger partial charge in [-0.2, -0.15) is 11.8 Å². The summed E-state index contributed by atoms with van der Waals surface area (Å²) in [4.78, 5) is 59.5. The molecule has 0 aromatic rings. The van der Waals surface area contributed by atoms with E-state index in [4.69, 9.17) is 109 Å². The molecular formula is C65H119N5O28S. The Labute approximate surface area is 589 Å². The van der Waals surface area contributed by atoms with E-state index in [1.54, 1.807) is 0 Å². The highest BCUT2D eigenvalue weighted by atomic mass is 32.2. The van der Waals surface area contributed by atoms with Gasteiger partial charge in [-0.15, -0.1) is 0 Å². The van der Waals surface area contributed by atoms with Crippen molar-refractivity contribution in [2.75, 3.05) is 329 Å². The highest BCUT2D eigenvalue weighted by molar-refractivity contribution is 8.00. The van der Waals surface area contributed by atoms with Crippen LogP contribution in [0.3, 0.4) is 0 Å². The minimum atomic E-state index is -0.403. The minimum absolute atomic E-state index is 0.0351. The average Bonchev–Trinajstić information content (AvgIpc) is 1.68. The Morgan fingerprint density at radius 3 is 0.818 bits per heavy atom. The summed E-state index contributed by atoms with van der Waals surface area (Å²) in [5.74, 6) is -0.0808. The van der Waals surface area contributed by atoms with Gasteiger partial charge in [0.2, 0.25) is 11.8 Å². The number of carbonyl (C=O) groups is 5. The fourth-order valence-corrected chi connectivity index (χ4v) is 10.3. The number of fused-ring (bicyclic) bond motifs is 1. The SMILES string of the molecule is O=C(CCCC[C@@H]1SC[C@@H]2NC(=O)N[C@@H]21)NCCOCCOCCOCCOCCOCCOCCOCCOCCOCCOCCOCCOCCOCCOCCOCCOCCOCCOCCOCCOCCOCCOCCOCCNC(=O)CCN1C(=O)C=CC1=O. The van der Waals surface area contributed by atoms with Gasteiger partial charge in [0.1, 0.15) is 0 Å². The van der Waals surface area contributed by atoms with Crippen molar-refractivity contribution in [1.29, 1.82) is 0 Å². The molecule has 99 heavy (non-hydrogen) atoms. The second kappa shape index (κ2) is 70.2. The Hall–Kier alpha value is -3.48. The van der Waals surface area contributed by atoms with E-state index in [1.165, 1.54) is 12.2 Å². The van der Waals surface area contributed by atoms with Crippen molar-refractivity contribution >= 4 is 41.4 Å². The van der Waals surface area contributed by atoms with Crippen molar-refractivity contribution < 1.29 is 133 Å². The van der Waals surface area contributed by atoms with E-state index in [2.05, 4.69) is 21.3 Å². The summed E-state index contributed by atoms with van der Waals surface area (Å²) in [7, 11) is 0. The number of rotatable bonds is 80. The van der Waals surface area contributed by atoms with Gasteiger partial charge in [-0.1, -0.05) is 6.42 Å². The van der Waals surface area contributed by atoms with Gasteiger partial charge in [-0.25, -0.2) is 4.79 Å². The first-order valence-electron chi connectivity index (χ1n) is 35.0. The van der Waals surface area contributed by atoms with Crippen molar-refractivity contribution in [3.63, 3.8) is 0 Å². The zero-order valence-electron chi connectivity index (χ0n) is 58.6. The molecule has 3 atom stereocenters. The number of hydrogen-bond donors (Lipinski definition) is 4. The summed E-state index contributed by atoms with van der Waals surface area (Å²) < 4.78 is 127. The minimum Gasteiger partial charge on any atom is -0.377 e. The topological polar surface area (TPSA) is 349 Å². The number of carbonyl (C=O) groups excluding carboxylic acids is 5. The molecule has 3 rings (SSSR count). The molecule has 0 radical (unpaired) electrons. The van der Waals surface area contributed by atoms with Crippen molar-refractivity contribution in [3.8, 4) is 0 Å². The van der Waals surface area contributed by atoms with Crippen LogP contribution >= 0.6 is 11.8 Å². The molecule has 0 spiro atoms. The van der Waals surface area contributed by atoms with Crippen molar-refractivity contribution in [2.45, 2.75) is 49.4 Å². The van der Waals surface area contributed by atoms with E-state index < -0.39 is 11.8 Å². The maximum Gasteiger partial charge on any atom is 0.315 e. The summed E-state index contributed by atoms with van der Waals surface area (Å²) in [6.45, 7) is 21.9. The molecule has 4 N–H and O–H groups in total. The molecule has 0 bridgehead atoms. The van der Waals surface area contributed by atoms with Gasteiger partial charge in [0.05, 0.1) is 316 Å². The van der Waals surface area contributed by atoms with E-state index in [0.717, 1.165) is 29.9 Å². The van der Waals surface area contributed by atoms with Gasteiger partial charge in [0.15, 0.2) is 0 Å². The predicted octanol–water partition coefficient (Wildman–Crippen LogP) is -0.359. The van der Waals surface area contributed by atoms with Crippen molar-refractivity contribution in [1.82, 2.24) is 26.2 Å². The molecule has 0 saturated carbocycles. The van der Waals surface area contributed by atoms with Crippen LogP contribution in [0.25, 0.3) is 0 Å². The molecule has 2 saturated heterocycles. The molecule has 3 aliphatic rings. The van der Waals surface area contributed by atoms with Crippen LogP contribution in [-0.4, -0.2) is 381 Å². The van der Waals surface area contributed by atoms with Gasteiger partial charge in [0.25, 0.3) is 11.8 Å². The standard InChI is InChI=1S/C65H119N5O28S/c71-60(4-2-1-3-59-64-58(57-99-59)68-65(75)69-64)66-8-11-76-13-15-78-17-19-80-21-23-82-25-27-84-29-31-86-33-35-88-37-39-90-41-43-92-45-47-94-49-51-96-53-55-98-56-54-97-52-50-95-48-46-93-44-42-91-40-38-89-36-34-87-32-30-85-28-26-83-24-22-81-20-18-79-16-14-77-12-9-67-61(72)7-10-70-62(73)5-6-63(70)74/h5-6,58-59,64H,1-4,7-57H2,(H,66,71)(H,67,72)(H2,68,69,75)/t58-,59-,64-/m0/s1. The number of urea groups is 1. The number of amides is 6. The zero-order valence-corrected chi connectivity index (χ0v) is 59.4. The van der Waals surface area contributed by atoms with Crippen molar-refractivity contribution in [3.05, 3.63) is 12.2 Å². The molecule has 0 aliphatic carbocycles. The lowest BCUT2D eigenvalue weighted by Crippen LogP contribution is -2.36. The molecule has 0 aromatic carbocycles. The van der Waals surface area contributed by atoms with Crippen LogP contribution in [0.1, 0.15) is 32.1 Å². The molecule has 3 heterocycles. The summed E-state index contributed by atoms with van der Waals surface area (Å²) >= 11 is 1.90. The van der Waals surface area contributed by atoms with Crippen LogP contribution in [0.15, 0.2) is 12.2 Å². The lowest BCUT2D eigenvalue weighted by atomic mass is 10.0. The Bertz CT molecular complexity index is 1900. The fraction of sp³-hybridized carbons (Fsp3) is 0.892.